The molecule has 0 bridgehead atoms. The zero-order valence-corrected chi connectivity index (χ0v) is 15.5. The number of anilines is 1. The van der Waals surface area contributed by atoms with Crippen molar-refractivity contribution >= 4 is 11.6 Å². The van der Waals surface area contributed by atoms with Crippen molar-refractivity contribution in [3.05, 3.63) is 60.2 Å². The number of hydrogen-bond acceptors (Lipinski definition) is 3. The van der Waals surface area contributed by atoms with Crippen LogP contribution < -0.4 is 10.1 Å². The minimum atomic E-state index is 0.0425. The van der Waals surface area contributed by atoms with Crippen molar-refractivity contribution in [2.75, 3.05) is 32.1 Å². The highest BCUT2D eigenvalue weighted by Crippen LogP contribution is 2.24. The van der Waals surface area contributed by atoms with Crippen LogP contribution in [0.15, 0.2) is 54.6 Å². The van der Waals surface area contributed by atoms with Gasteiger partial charge in [-0.3, -0.25) is 4.79 Å². The van der Waals surface area contributed by atoms with Gasteiger partial charge in [0.05, 0.1) is 12.8 Å². The summed E-state index contributed by atoms with van der Waals surface area (Å²) < 4.78 is 5.28. The van der Waals surface area contributed by atoms with E-state index in [0.717, 1.165) is 31.2 Å². The third kappa shape index (κ3) is 5.33. The Morgan fingerprint density at radius 3 is 2.50 bits per heavy atom. The standard InChI is InChI=1S/C22H28N2O2/c1-26-21-10-6-5-9-20(21)23-22(25)13-16-24-14-11-19(12-15-24)17-18-7-3-2-4-8-18/h2-10,19H,11-17H2,1H3,(H,23,25). The second-order valence-electron chi connectivity index (χ2n) is 6.97. The van der Waals surface area contributed by atoms with Crippen LogP contribution in [0.1, 0.15) is 24.8 Å². The summed E-state index contributed by atoms with van der Waals surface area (Å²) in [7, 11) is 1.62. The van der Waals surface area contributed by atoms with Crippen LogP contribution in [0.2, 0.25) is 0 Å². The molecule has 0 aromatic heterocycles. The first-order valence-corrected chi connectivity index (χ1v) is 9.44. The van der Waals surface area contributed by atoms with E-state index >= 15 is 0 Å². The molecule has 1 aliphatic rings. The van der Waals surface area contributed by atoms with Gasteiger partial charge in [-0.15, -0.1) is 0 Å². The summed E-state index contributed by atoms with van der Waals surface area (Å²) in [6, 6.07) is 18.3. The first-order valence-electron chi connectivity index (χ1n) is 9.44. The van der Waals surface area contributed by atoms with E-state index in [1.54, 1.807) is 7.11 Å². The molecule has 3 rings (SSSR count). The summed E-state index contributed by atoms with van der Waals surface area (Å²) in [5.41, 5.74) is 2.17. The highest BCUT2D eigenvalue weighted by Gasteiger charge is 2.20. The molecule has 26 heavy (non-hydrogen) atoms. The zero-order chi connectivity index (χ0) is 18.2. The summed E-state index contributed by atoms with van der Waals surface area (Å²) in [4.78, 5) is 14.6. The topological polar surface area (TPSA) is 41.6 Å². The molecule has 4 nitrogen and oxygen atoms in total. The van der Waals surface area contributed by atoms with Crippen LogP contribution >= 0.6 is 0 Å². The predicted molar refractivity (Wildman–Crippen MR) is 106 cm³/mol. The Bertz CT molecular complexity index is 694. The van der Waals surface area contributed by atoms with Gasteiger partial charge in [-0.25, -0.2) is 0 Å². The largest absolute Gasteiger partial charge is 0.495 e. The quantitative estimate of drug-likeness (QED) is 0.819. The lowest BCUT2D eigenvalue weighted by molar-refractivity contribution is -0.116. The van der Waals surface area contributed by atoms with Gasteiger partial charge in [0.15, 0.2) is 0 Å². The average molecular weight is 352 g/mol. The number of amides is 1. The zero-order valence-electron chi connectivity index (χ0n) is 15.5. The van der Waals surface area contributed by atoms with Crippen LogP contribution in [-0.4, -0.2) is 37.6 Å². The number of carbonyl (C=O) groups is 1. The van der Waals surface area contributed by atoms with Crippen LogP contribution in [0, 0.1) is 5.92 Å². The van der Waals surface area contributed by atoms with E-state index in [9.17, 15) is 4.79 Å². The molecular weight excluding hydrogens is 324 g/mol. The predicted octanol–water partition coefficient (Wildman–Crippen LogP) is 3.98. The maximum Gasteiger partial charge on any atom is 0.225 e. The van der Waals surface area contributed by atoms with E-state index in [1.165, 1.54) is 24.8 Å². The summed E-state index contributed by atoms with van der Waals surface area (Å²) in [5, 5.41) is 2.95. The van der Waals surface area contributed by atoms with Gasteiger partial charge in [0, 0.05) is 13.0 Å². The fraction of sp³-hybridized carbons (Fsp3) is 0.409. The second-order valence-corrected chi connectivity index (χ2v) is 6.97. The molecule has 0 aliphatic carbocycles. The molecule has 0 atom stereocenters. The number of likely N-dealkylation sites (tertiary alicyclic amines) is 1. The van der Waals surface area contributed by atoms with Gasteiger partial charge in [0.2, 0.25) is 5.91 Å². The normalized spacial score (nSPS) is 15.6. The molecule has 1 saturated heterocycles. The van der Waals surface area contributed by atoms with Crippen LogP contribution in [0.5, 0.6) is 5.75 Å². The number of para-hydroxylation sites is 2. The highest BCUT2D eigenvalue weighted by molar-refractivity contribution is 5.92. The lowest BCUT2D eigenvalue weighted by atomic mass is 9.90. The first kappa shape index (κ1) is 18.5. The second kappa shape index (κ2) is 9.39. The van der Waals surface area contributed by atoms with Crippen molar-refractivity contribution in [3.63, 3.8) is 0 Å². The Labute approximate surface area is 156 Å². The Hall–Kier alpha value is -2.33. The number of methoxy groups -OCH3 is 1. The van der Waals surface area contributed by atoms with Gasteiger partial charge in [-0.2, -0.15) is 0 Å². The van der Waals surface area contributed by atoms with E-state index < -0.39 is 0 Å². The van der Waals surface area contributed by atoms with Crippen molar-refractivity contribution < 1.29 is 9.53 Å². The molecule has 1 fully saturated rings. The number of piperidine rings is 1. The fourth-order valence-corrected chi connectivity index (χ4v) is 3.58. The van der Waals surface area contributed by atoms with Gasteiger partial charge in [-0.05, 0) is 56.0 Å². The summed E-state index contributed by atoms with van der Waals surface area (Å²) in [6.07, 6.45) is 4.11. The van der Waals surface area contributed by atoms with Crippen LogP contribution in [0.25, 0.3) is 0 Å². The number of rotatable bonds is 7. The monoisotopic (exact) mass is 352 g/mol. The number of ether oxygens (including phenoxy) is 1. The molecule has 1 aliphatic heterocycles. The third-order valence-corrected chi connectivity index (χ3v) is 5.11. The SMILES string of the molecule is COc1ccccc1NC(=O)CCN1CCC(Cc2ccccc2)CC1. The molecule has 0 spiro atoms. The molecule has 2 aromatic rings. The Kier molecular flexibility index (Phi) is 6.67. The summed E-state index contributed by atoms with van der Waals surface area (Å²) in [5.74, 6) is 1.50. The lowest BCUT2D eigenvalue weighted by Crippen LogP contribution is -2.36. The number of nitrogens with zero attached hydrogens (tertiary/aromatic N) is 1. The van der Waals surface area contributed by atoms with Crippen LogP contribution in [0.3, 0.4) is 0 Å². The molecule has 0 unspecified atom stereocenters. The smallest absolute Gasteiger partial charge is 0.225 e. The lowest BCUT2D eigenvalue weighted by Gasteiger charge is -2.31. The molecule has 1 N–H and O–H groups in total. The number of hydrogen-bond donors (Lipinski definition) is 1. The van der Waals surface area contributed by atoms with E-state index in [-0.39, 0.29) is 5.91 Å². The van der Waals surface area contributed by atoms with Crippen LogP contribution in [0.4, 0.5) is 5.69 Å². The molecule has 1 amide bonds. The average Bonchev–Trinajstić information content (AvgIpc) is 2.69. The summed E-state index contributed by atoms with van der Waals surface area (Å²) >= 11 is 0. The van der Waals surface area contributed by atoms with Gasteiger partial charge in [-0.1, -0.05) is 42.5 Å². The molecule has 4 heteroatoms. The van der Waals surface area contributed by atoms with Crippen molar-refractivity contribution in [3.8, 4) is 5.75 Å². The van der Waals surface area contributed by atoms with E-state index in [4.69, 9.17) is 4.74 Å². The molecular formula is C22H28N2O2. The minimum absolute atomic E-state index is 0.0425. The molecule has 1 heterocycles. The fourth-order valence-electron chi connectivity index (χ4n) is 3.58. The number of benzene rings is 2. The first-order chi connectivity index (χ1) is 12.7. The van der Waals surface area contributed by atoms with Gasteiger partial charge >= 0.3 is 0 Å². The third-order valence-electron chi connectivity index (χ3n) is 5.11. The van der Waals surface area contributed by atoms with Crippen molar-refractivity contribution in [2.24, 2.45) is 5.92 Å². The van der Waals surface area contributed by atoms with Gasteiger partial charge in [0.1, 0.15) is 5.75 Å². The van der Waals surface area contributed by atoms with Crippen molar-refractivity contribution in [1.82, 2.24) is 4.90 Å². The van der Waals surface area contributed by atoms with Gasteiger partial charge in [0.25, 0.3) is 0 Å². The molecule has 0 radical (unpaired) electrons. The van der Waals surface area contributed by atoms with E-state index in [0.29, 0.717) is 12.2 Å². The Morgan fingerprint density at radius 1 is 1.08 bits per heavy atom. The highest BCUT2D eigenvalue weighted by atomic mass is 16.5. The Balaban J connectivity index is 1.39. The molecule has 138 valence electrons. The maximum absolute atomic E-state index is 12.2. The van der Waals surface area contributed by atoms with Crippen molar-refractivity contribution in [2.45, 2.75) is 25.7 Å². The maximum atomic E-state index is 12.2. The number of nitrogens with one attached hydrogen (secondary N) is 1. The van der Waals surface area contributed by atoms with Gasteiger partial charge < -0.3 is 15.0 Å². The Morgan fingerprint density at radius 2 is 1.77 bits per heavy atom. The minimum Gasteiger partial charge on any atom is -0.495 e. The van der Waals surface area contributed by atoms with E-state index in [1.807, 2.05) is 24.3 Å². The van der Waals surface area contributed by atoms with Crippen LogP contribution in [-0.2, 0) is 11.2 Å². The summed E-state index contributed by atoms with van der Waals surface area (Å²) in [6.45, 7) is 2.98. The van der Waals surface area contributed by atoms with Crippen molar-refractivity contribution in [1.29, 1.82) is 0 Å². The molecule has 2 aromatic carbocycles. The van der Waals surface area contributed by atoms with E-state index in [2.05, 4.69) is 40.5 Å². The molecule has 0 saturated carbocycles. The number of carbonyl (C=O) groups excluding carboxylic acids is 1.